The molecule has 0 fully saturated rings. The van der Waals surface area contributed by atoms with Crippen LogP contribution < -0.4 is 10.1 Å². The van der Waals surface area contributed by atoms with Crippen LogP contribution in [0.2, 0.25) is 0 Å². The molecule has 1 amide bonds. The van der Waals surface area contributed by atoms with Crippen molar-refractivity contribution in [1.29, 1.82) is 5.26 Å². The second-order valence-electron chi connectivity index (χ2n) is 4.37. The smallest absolute Gasteiger partial charge is 0.265 e. The first-order valence-corrected chi connectivity index (χ1v) is 6.32. The van der Waals surface area contributed by atoms with Gasteiger partial charge in [0.15, 0.2) is 6.10 Å². The van der Waals surface area contributed by atoms with Gasteiger partial charge in [0.05, 0.1) is 5.56 Å². The van der Waals surface area contributed by atoms with Gasteiger partial charge in [0.25, 0.3) is 5.91 Å². The number of halogens is 1. The minimum atomic E-state index is -0.794. The van der Waals surface area contributed by atoms with E-state index in [0.717, 1.165) is 6.07 Å². The summed E-state index contributed by atoms with van der Waals surface area (Å²) < 4.78 is 18.8. The Kier molecular flexibility index (Phi) is 4.52. The lowest BCUT2D eigenvalue weighted by molar-refractivity contribution is -0.122. The maximum Gasteiger partial charge on any atom is 0.265 e. The molecule has 0 spiro atoms. The molecule has 21 heavy (non-hydrogen) atoms. The summed E-state index contributed by atoms with van der Waals surface area (Å²) in [5.74, 6) is -0.821. The average molecular weight is 284 g/mol. The van der Waals surface area contributed by atoms with Crippen LogP contribution in [0.1, 0.15) is 12.5 Å². The third-order valence-electron chi connectivity index (χ3n) is 2.78. The van der Waals surface area contributed by atoms with Crippen LogP contribution in [0.5, 0.6) is 5.75 Å². The molecular weight excluding hydrogens is 271 g/mol. The number of para-hydroxylation sites is 1. The molecule has 1 atom stereocenters. The van der Waals surface area contributed by atoms with Crippen molar-refractivity contribution in [1.82, 2.24) is 0 Å². The van der Waals surface area contributed by atoms with Crippen LogP contribution in [0.3, 0.4) is 0 Å². The van der Waals surface area contributed by atoms with Gasteiger partial charge in [0.1, 0.15) is 17.6 Å². The monoisotopic (exact) mass is 284 g/mol. The summed E-state index contributed by atoms with van der Waals surface area (Å²) in [6.07, 6.45) is -0.794. The standard InChI is InChI=1S/C16H13FN2O2/c1-11(16(20)19-13-5-3-2-4-6-13)21-14-8-7-12(10-18)15(17)9-14/h2-9,11H,1H3,(H,19,20). The van der Waals surface area contributed by atoms with E-state index in [1.807, 2.05) is 6.07 Å². The maximum absolute atomic E-state index is 13.4. The molecule has 0 bridgehead atoms. The van der Waals surface area contributed by atoms with Gasteiger partial charge in [-0.1, -0.05) is 18.2 Å². The van der Waals surface area contributed by atoms with E-state index in [4.69, 9.17) is 10.00 Å². The molecule has 0 radical (unpaired) electrons. The summed E-state index contributed by atoms with van der Waals surface area (Å²) in [4.78, 5) is 11.9. The van der Waals surface area contributed by atoms with Gasteiger partial charge < -0.3 is 10.1 Å². The Labute approximate surface area is 121 Å². The molecule has 0 heterocycles. The molecule has 0 saturated carbocycles. The summed E-state index contributed by atoms with van der Waals surface area (Å²) in [7, 11) is 0. The predicted octanol–water partition coefficient (Wildman–Crippen LogP) is 3.10. The second kappa shape index (κ2) is 6.53. The largest absolute Gasteiger partial charge is 0.481 e. The van der Waals surface area contributed by atoms with E-state index >= 15 is 0 Å². The predicted molar refractivity (Wildman–Crippen MR) is 76.3 cm³/mol. The van der Waals surface area contributed by atoms with Crippen LogP contribution in [0.15, 0.2) is 48.5 Å². The topological polar surface area (TPSA) is 62.1 Å². The van der Waals surface area contributed by atoms with E-state index in [9.17, 15) is 9.18 Å². The first-order chi connectivity index (χ1) is 10.1. The van der Waals surface area contributed by atoms with Gasteiger partial charge in [-0.3, -0.25) is 4.79 Å². The molecule has 2 aromatic carbocycles. The van der Waals surface area contributed by atoms with E-state index in [2.05, 4.69) is 5.32 Å². The number of amides is 1. The minimum absolute atomic E-state index is 0.0660. The van der Waals surface area contributed by atoms with Crippen LogP contribution in [-0.2, 0) is 4.79 Å². The van der Waals surface area contributed by atoms with E-state index in [1.54, 1.807) is 37.3 Å². The summed E-state index contributed by atoms with van der Waals surface area (Å²) >= 11 is 0. The molecule has 0 aliphatic rings. The first-order valence-electron chi connectivity index (χ1n) is 6.32. The molecule has 0 aliphatic heterocycles. The third kappa shape index (κ3) is 3.80. The zero-order valence-corrected chi connectivity index (χ0v) is 11.3. The van der Waals surface area contributed by atoms with Gasteiger partial charge >= 0.3 is 0 Å². The molecule has 106 valence electrons. The van der Waals surface area contributed by atoms with Gasteiger partial charge in [0.2, 0.25) is 0 Å². The van der Waals surface area contributed by atoms with E-state index < -0.39 is 11.9 Å². The molecule has 0 aromatic heterocycles. The van der Waals surface area contributed by atoms with Crippen molar-refractivity contribution in [3.63, 3.8) is 0 Å². The van der Waals surface area contributed by atoms with Crippen molar-refractivity contribution in [2.45, 2.75) is 13.0 Å². The highest BCUT2D eigenvalue weighted by Crippen LogP contribution is 2.18. The van der Waals surface area contributed by atoms with Crippen LogP contribution in [0.25, 0.3) is 0 Å². The molecule has 4 nitrogen and oxygen atoms in total. The highest BCUT2D eigenvalue weighted by Gasteiger charge is 2.15. The summed E-state index contributed by atoms with van der Waals surface area (Å²) in [5.41, 5.74) is 0.590. The Bertz CT molecular complexity index is 680. The fourth-order valence-electron chi connectivity index (χ4n) is 1.68. The number of rotatable bonds is 4. The highest BCUT2D eigenvalue weighted by atomic mass is 19.1. The van der Waals surface area contributed by atoms with E-state index in [-0.39, 0.29) is 17.2 Å². The van der Waals surface area contributed by atoms with Crippen molar-refractivity contribution < 1.29 is 13.9 Å². The third-order valence-corrected chi connectivity index (χ3v) is 2.78. The van der Waals surface area contributed by atoms with Crippen LogP contribution in [0, 0.1) is 17.1 Å². The molecule has 0 saturated heterocycles. The molecule has 2 aromatic rings. The Balaban J connectivity index is 2.01. The van der Waals surface area contributed by atoms with Gasteiger partial charge in [-0.2, -0.15) is 5.26 Å². The first kappa shape index (κ1) is 14.5. The highest BCUT2D eigenvalue weighted by molar-refractivity contribution is 5.94. The van der Waals surface area contributed by atoms with Gasteiger partial charge in [0, 0.05) is 11.8 Å². The summed E-state index contributed by atoms with van der Waals surface area (Å²) in [5, 5.41) is 11.3. The number of carbonyl (C=O) groups excluding carboxylic acids is 1. The zero-order chi connectivity index (χ0) is 15.2. The Morgan fingerprint density at radius 2 is 2.00 bits per heavy atom. The lowest BCUT2D eigenvalue weighted by Crippen LogP contribution is -2.30. The Hall–Kier alpha value is -2.87. The molecule has 1 unspecified atom stereocenters. The van der Waals surface area contributed by atoms with Crippen molar-refractivity contribution in [2.75, 3.05) is 5.32 Å². The van der Waals surface area contributed by atoms with Crippen molar-refractivity contribution in [2.24, 2.45) is 0 Å². The number of nitrogens with one attached hydrogen (secondary N) is 1. The number of nitrogens with zero attached hydrogens (tertiary/aromatic N) is 1. The van der Waals surface area contributed by atoms with E-state index in [1.165, 1.54) is 12.1 Å². The molecule has 5 heteroatoms. The summed E-state index contributed by atoms with van der Waals surface area (Å²) in [6, 6.07) is 14.5. The molecular formula is C16H13FN2O2. The SMILES string of the molecule is CC(Oc1ccc(C#N)c(F)c1)C(=O)Nc1ccccc1. The molecule has 1 N–H and O–H groups in total. The zero-order valence-electron chi connectivity index (χ0n) is 11.3. The number of carbonyl (C=O) groups is 1. The quantitative estimate of drug-likeness (QED) is 0.938. The average Bonchev–Trinajstić information content (AvgIpc) is 2.48. The van der Waals surface area contributed by atoms with Gasteiger partial charge in [-0.15, -0.1) is 0 Å². The molecule has 2 rings (SSSR count). The number of nitriles is 1. The lowest BCUT2D eigenvalue weighted by Gasteiger charge is -2.14. The van der Waals surface area contributed by atoms with Crippen LogP contribution in [-0.4, -0.2) is 12.0 Å². The lowest BCUT2D eigenvalue weighted by atomic mass is 10.2. The minimum Gasteiger partial charge on any atom is -0.481 e. The van der Waals surface area contributed by atoms with Gasteiger partial charge in [-0.05, 0) is 31.2 Å². The maximum atomic E-state index is 13.4. The van der Waals surface area contributed by atoms with Crippen molar-refractivity contribution >= 4 is 11.6 Å². The second-order valence-corrected chi connectivity index (χ2v) is 4.37. The van der Waals surface area contributed by atoms with E-state index in [0.29, 0.717) is 5.69 Å². The summed E-state index contributed by atoms with van der Waals surface area (Å²) in [6.45, 7) is 1.56. The number of hydrogen-bond donors (Lipinski definition) is 1. The fraction of sp³-hybridized carbons (Fsp3) is 0.125. The number of ether oxygens (including phenoxy) is 1. The normalized spacial score (nSPS) is 11.3. The fourth-order valence-corrected chi connectivity index (χ4v) is 1.68. The molecule has 0 aliphatic carbocycles. The van der Waals surface area contributed by atoms with Crippen molar-refractivity contribution in [3.05, 3.63) is 59.9 Å². The Morgan fingerprint density at radius 3 is 2.62 bits per heavy atom. The van der Waals surface area contributed by atoms with Crippen molar-refractivity contribution in [3.8, 4) is 11.8 Å². The van der Waals surface area contributed by atoms with Crippen LogP contribution in [0.4, 0.5) is 10.1 Å². The Morgan fingerprint density at radius 1 is 1.29 bits per heavy atom. The number of benzene rings is 2. The number of hydrogen-bond acceptors (Lipinski definition) is 3. The van der Waals surface area contributed by atoms with Crippen LogP contribution >= 0.6 is 0 Å². The van der Waals surface area contributed by atoms with Gasteiger partial charge in [-0.25, -0.2) is 4.39 Å². The number of anilines is 1.